The first-order valence-corrected chi connectivity index (χ1v) is 18.9. The smallest absolute Gasteiger partial charge is 0.178 e. The first-order chi connectivity index (χ1) is 21.3. The molecule has 0 amide bonds. The largest absolute Gasteiger partial charge is 0.396 e. The molecule has 7 nitrogen and oxygen atoms in total. The van der Waals surface area contributed by atoms with E-state index in [-0.39, 0.29) is 72.5 Å². The van der Waals surface area contributed by atoms with Gasteiger partial charge in [0.05, 0.1) is 59.0 Å². The van der Waals surface area contributed by atoms with Crippen molar-refractivity contribution in [1.29, 1.82) is 0 Å². The van der Waals surface area contributed by atoms with Crippen LogP contribution in [0.1, 0.15) is 91.9 Å². The first-order valence-electron chi connectivity index (χ1n) is 17.2. The van der Waals surface area contributed by atoms with Gasteiger partial charge in [-0.15, -0.1) is 0 Å². The lowest BCUT2D eigenvalue weighted by Crippen LogP contribution is -2.38. The summed E-state index contributed by atoms with van der Waals surface area (Å²) in [7, 11) is -3.50. The number of sulfone groups is 1. The lowest BCUT2D eigenvalue weighted by atomic mass is 9.82. The summed E-state index contributed by atoms with van der Waals surface area (Å²) < 4.78 is 53.4. The minimum Gasteiger partial charge on any atom is -0.396 e. The number of aliphatic hydroxyl groups excluding tert-OH is 1. The van der Waals surface area contributed by atoms with E-state index in [4.69, 9.17) is 18.9 Å². The normalized spacial score (nSPS) is 37.0. The molecular formula is C37H56O7S. The summed E-state index contributed by atoms with van der Waals surface area (Å²) in [5, 5.41) is 9.19. The molecule has 0 aliphatic carbocycles. The Morgan fingerprint density at radius 3 is 2.33 bits per heavy atom. The van der Waals surface area contributed by atoms with Crippen molar-refractivity contribution < 1.29 is 32.5 Å². The Hall–Kier alpha value is -1.55. The maximum Gasteiger partial charge on any atom is 0.178 e. The molecule has 0 bridgehead atoms. The third-order valence-corrected chi connectivity index (χ3v) is 12.7. The molecule has 4 saturated heterocycles. The predicted molar refractivity (Wildman–Crippen MR) is 177 cm³/mol. The van der Waals surface area contributed by atoms with Crippen molar-refractivity contribution in [3.05, 3.63) is 54.6 Å². The van der Waals surface area contributed by atoms with Crippen LogP contribution in [0.3, 0.4) is 0 Å². The van der Waals surface area contributed by atoms with Crippen LogP contribution in [0.2, 0.25) is 0 Å². The van der Waals surface area contributed by atoms with Crippen molar-refractivity contribution in [1.82, 2.24) is 0 Å². The fourth-order valence-corrected chi connectivity index (χ4v) is 9.83. The van der Waals surface area contributed by atoms with E-state index in [1.807, 2.05) is 6.07 Å². The van der Waals surface area contributed by atoms with Crippen molar-refractivity contribution in [2.75, 3.05) is 12.4 Å². The summed E-state index contributed by atoms with van der Waals surface area (Å²) in [6, 6.07) is 8.78. The van der Waals surface area contributed by atoms with Gasteiger partial charge in [0.25, 0.3) is 0 Å². The Balaban J connectivity index is 1.26. The quantitative estimate of drug-likeness (QED) is 0.235. The molecule has 4 aliphatic heterocycles. The molecule has 1 aromatic carbocycles. The molecule has 0 spiro atoms. The monoisotopic (exact) mass is 644 g/mol. The first kappa shape index (κ1) is 34.8. The van der Waals surface area contributed by atoms with Crippen molar-refractivity contribution in [2.45, 2.75) is 145 Å². The Labute approximate surface area is 271 Å². The Bertz CT molecular complexity index is 1260. The van der Waals surface area contributed by atoms with E-state index in [0.717, 1.165) is 68.9 Å². The van der Waals surface area contributed by atoms with E-state index in [1.54, 1.807) is 24.3 Å². The van der Waals surface area contributed by atoms with Crippen LogP contribution in [-0.2, 0) is 28.8 Å². The number of benzene rings is 1. The molecule has 4 heterocycles. The fourth-order valence-electron chi connectivity index (χ4n) is 8.04. The van der Waals surface area contributed by atoms with Crippen LogP contribution in [0.5, 0.6) is 0 Å². The van der Waals surface area contributed by atoms with E-state index in [1.165, 1.54) is 0 Å². The second-order valence-corrected chi connectivity index (χ2v) is 16.9. The second-order valence-electron chi connectivity index (χ2n) is 14.9. The van der Waals surface area contributed by atoms with Gasteiger partial charge in [-0.05, 0) is 100 Å². The summed E-state index contributed by atoms with van der Waals surface area (Å²) in [4.78, 5) is 0.363. The summed E-state index contributed by atoms with van der Waals surface area (Å²) in [5.74, 6) is 0.254. The highest BCUT2D eigenvalue weighted by Crippen LogP contribution is 2.44. The lowest BCUT2D eigenvalue weighted by molar-refractivity contribution is -0.0810. The van der Waals surface area contributed by atoms with Crippen LogP contribution >= 0.6 is 0 Å². The molecule has 0 unspecified atom stereocenters. The Kier molecular flexibility index (Phi) is 11.4. The summed E-state index contributed by atoms with van der Waals surface area (Å²) in [6.45, 7) is 17.6. The SMILES string of the molecule is C=C1C[C@H](CCCO)O[C@H]1CC[C@H]1C[C@@H](C)C(=C)[C@@H](C[C@@H]2O[C@H](C[C@H]3CCC(C)(C)O3)[C@H](C)[C@H]2CS(=O)(=O)c2ccccc2)O1. The van der Waals surface area contributed by atoms with E-state index < -0.39 is 9.84 Å². The van der Waals surface area contributed by atoms with Crippen molar-refractivity contribution in [2.24, 2.45) is 17.8 Å². The highest BCUT2D eigenvalue weighted by molar-refractivity contribution is 7.91. The van der Waals surface area contributed by atoms with E-state index in [2.05, 4.69) is 40.9 Å². The van der Waals surface area contributed by atoms with Gasteiger partial charge in [-0.1, -0.05) is 45.2 Å². The van der Waals surface area contributed by atoms with Crippen LogP contribution in [0.4, 0.5) is 0 Å². The molecule has 8 heteroatoms. The molecule has 45 heavy (non-hydrogen) atoms. The molecule has 10 atom stereocenters. The van der Waals surface area contributed by atoms with Crippen LogP contribution in [-0.4, -0.2) is 74.2 Å². The van der Waals surface area contributed by atoms with E-state index in [9.17, 15) is 13.5 Å². The van der Waals surface area contributed by atoms with Gasteiger partial charge in [-0.3, -0.25) is 0 Å². The zero-order chi connectivity index (χ0) is 32.4. The Morgan fingerprint density at radius 1 is 0.911 bits per heavy atom. The number of ether oxygens (including phenoxy) is 4. The van der Waals surface area contributed by atoms with Crippen molar-refractivity contribution >= 4 is 9.84 Å². The van der Waals surface area contributed by atoms with Gasteiger partial charge >= 0.3 is 0 Å². The van der Waals surface area contributed by atoms with E-state index in [0.29, 0.717) is 17.2 Å². The maximum absolute atomic E-state index is 13.6. The lowest BCUT2D eigenvalue weighted by Gasteiger charge is -2.38. The van der Waals surface area contributed by atoms with Gasteiger partial charge in [0.15, 0.2) is 9.84 Å². The number of aliphatic hydroxyl groups is 1. The molecular weight excluding hydrogens is 588 g/mol. The molecule has 1 aromatic rings. The zero-order valence-electron chi connectivity index (χ0n) is 27.9. The van der Waals surface area contributed by atoms with Gasteiger partial charge in [0.2, 0.25) is 0 Å². The molecule has 252 valence electrons. The second kappa shape index (κ2) is 14.7. The molecule has 4 aliphatic rings. The van der Waals surface area contributed by atoms with Crippen LogP contribution < -0.4 is 0 Å². The number of hydrogen-bond donors (Lipinski definition) is 1. The highest BCUT2D eigenvalue weighted by Gasteiger charge is 2.47. The zero-order valence-corrected chi connectivity index (χ0v) is 28.7. The minimum absolute atomic E-state index is 0.0336. The van der Waals surface area contributed by atoms with Crippen molar-refractivity contribution in [3.8, 4) is 0 Å². The molecule has 0 aromatic heterocycles. The van der Waals surface area contributed by atoms with Gasteiger partial charge < -0.3 is 24.1 Å². The topological polar surface area (TPSA) is 91.3 Å². The van der Waals surface area contributed by atoms with Crippen LogP contribution in [0.15, 0.2) is 59.5 Å². The highest BCUT2D eigenvalue weighted by atomic mass is 32.2. The van der Waals surface area contributed by atoms with Gasteiger partial charge in [-0.2, -0.15) is 0 Å². The average Bonchev–Trinajstić information content (AvgIpc) is 3.63. The third kappa shape index (κ3) is 8.68. The van der Waals surface area contributed by atoms with Gasteiger partial charge in [-0.25, -0.2) is 8.42 Å². The molecule has 5 rings (SSSR count). The van der Waals surface area contributed by atoms with Crippen LogP contribution in [0.25, 0.3) is 0 Å². The maximum atomic E-state index is 13.6. The van der Waals surface area contributed by atoms with Gasteiger partial charge in [0, 0.05) is 25.4 Å². The van der Waals surface area contributed by atoms with Crippen molar-refractivity contribution in [3.63, 3.8) is 0 Å². The molecule has 1 N–H and O–H groups in total. The fraction of sp³-hybridized carbons (Fsp3) is 0.730. The predicted octanol–water partition coefficient (Wildman–Crippen LogP) is 6.83. The number of rotatable bonds is 13. The average molecular weight is 645 g/mol. The summed E-state index contributed by atoms with van der Waals surface area (Å²) >= 11 is 0. The van der Waals surface area contributed by atoms with Gasteiger partial charge in [0.1, 0.15) is 0 Å². The number of hydrogen-bond acceptors (Lipinski definition) is 7. The third-order valence-electron chi connectivity index (χ3n) is 10.9. The summed E-state index contributed by atoms with van der Waals surface area (Å²) in [6.07, 6.45) is 8.36. The van der Waals surface area contributed by atoms with Crippen LogP contribution in [0, 0.1) is 17.8 Å². The van der Waals surface area contributed by atoms with E-state index >= 15 is 0 Å². The molecule has 0 radical (unpaired) electrons. The minimum atomic E-state index is -3.50. The Morgan fingerprint density at radius 2 is 1.64 bits per heavy atom. The molecule has 0 saturated carbocycles. The standard InChI is InChI=1S/C37H56O7S/c1-24-19-29(14-15-33-25(2)20-28(41-33)11-10-18-38)42-35(26(24)3)22-36-32(23-45(39,40)31-12-8-7-9-13-31)27(4)34(43-36)21-30-16-17-37(5,6)44-30/h7-9,12-13,24,27-30,32-36,38H,2-3,10-11,14-23H2,1,4-6H3/t24-,27-,28+,29+,30-,32-,33+,34-,35-,36+/m1/s1. The molecule has 4 fully saturated rings. The summed E-state index contributed by atoms with van der Waals surface area (Å²) in [5.41, 5.74) is 2.08.